The number of carbonyl (C=O) groups is 1. The molecule has 2 aliphatic heterocycles. The van der Waals surface area contributed by atoms with E-state index in [0.29, 0.717) is 6.04 Å². The third-order valence-corrected chi connectivity index (χ3v) is 3.32. The first-order chi connectivity index (χ1) is 5.83. The number of hydrogen-bond donors (Lipinski definition) is 1. The molecule has 0 aromatic rings. The van der Waals surface area contributed by atoms with E-state index in [0.717, 1.165) is 25.4 Å². The largest absolute Gasteiger partial charge is 0.363 e. The van der Waals surface area contributed by atoms with Crippen molar-refractivity contribution in [3.05, 3.63) is 0 Å². The van der Waals surface area contributed by atoms with Gasteiger partial charge in [0.15, 0.2) is 5.60 Å². The molecule has 2 unspecified atom stereocenters. The Kier molecular flexibility index (Phi) is 1.16. The summed E-state index contributed by atoms with van der Waals surface area (Å²) in [5, 5.41) is 2.97. The van der Waals surface area contributed by atoms with Crippen LogP contribution in [-0.2, 0) is 9.53 Å². The standard InChI is InChI=1S/C9H13NO2/c11-8-9(4-1-5-12-9)7(10-8)6-2-3-6/h6-7H,1-5H2,(H,10,11). The van der Waals surface area contributed by atoms with Gasteiger partial charge in [-0.3, -0.25) is 4.79 Å². The Hall–Kier alpha value is -0.570. The Morgan fingerprint density at radius 3 is 2.83 bits per heavy atom. The quantitative estimate of drug-likeness (QED) is 0.576. The third-order valence-electron chi connectivity index (χ3n) is 3.32. The van der Waals surface area contributed by atoms with Crippen molar-refractivity contribution in [3.63, 3.8) is 0 Å². The molecule has 3 heteroatoms. The van der Waals surface area contributed by atoms with E-state index >= 15 is 0 Å². The molecule has 2 heterocycles. The molecule has 66 valence electrons. The Morgan fingerprint density at radius 1 is 1.50 bits per heavy atom. The highest BCUT2D eigenvalue weighted by molar-refractivity contribution is 5.93. The lowest BCUT2D eigenvalue weighted by Crippen LogP contribution is -2.72. The predicted octanol–water partition coefficient (Wildman–Crippen LogP) is 0.444. The summed E-state index contributed by atoms with van der Waals surface area (Å²) in [6.45, 7) is 0.774. The number of amides is 1. The molecule has 3 rings (SSSR count). The molecule has 1 aliphatic carbocycles. The Bertz CT molecular complexity index is 229. The lowest BCUT2D eigenvalue weighted by molar-refractivity contribution is -0.164. The van der Waals surface area contributed by atoms with Crippen molar-refractivity contribution in [1.29, 1.82) is 0 Å². The SMILES string of the molecule is O=C1NC(C2CC2)C12CCCO2. The molecule has 0 radical (unpaired) electrons. The van der Waals surface area contributed by atoms with Crippen molar-refractivity contribution in [1.82, 2.24) is 5.32 Å². The Labute approximate surface area is 71.5 Å². The second-order valence-corrected chi connectivity index (χ2v) is 4.13. The van der Waals surface area contributed by atoms with Gasteiger partial charge in [0.2, 0.25) is 0 Å². The lowest BCUT2D eigenvalue weighted by atomic mass is 9.80. The van der Waals surface area contributed by atoms with Crippen molar-refractivity contribution in [2.75, 3.05) is 6.61 Å². The molecule has 2 atom stereocenters. The molecule has 1 spiro atoms. The Balaban J connectivity index is 1.84. The van der Waals surface area contributed by atoms with Gasteiger partial charge in [0.25, 0.3) is 5.91 Å². The van der Waals surface area contributed by atoms with E-state index in [9.17, 15) is 4.79 Å². The second-order valence-electron chi connectivity index (χ2n) is 4.13. The van der Waals surface area contributed by atoms with Crippen LogP contribution in [-0.4, -0.2) is 24.2 Å². The van der Waals surface area contributed by atoms with Crippen molar-refractivity contribution < 1.29 is 9.53 Å². The number of β-lactam (4-membered cyclic amide) rings is 1. The van der Waals surface area contributed by atoms with Crippen LogP contribution in [0.5, 0.6) is 0 Å². The highest BCUT2D eigenvalue weighted by atomic mass is 16.5. The minimum Gasteiger partial charge on any atom is -0.363 e. The van der Waals surface area contributed by atoms with Crippen LogP contribution in [0.2, 0.25) is 0 Å². The molecule has 2 saturated heterocycles. The number of hydrogen-bond acceptors (Lipinski definition) is 2. The molecule has 12 heavy (non-hydrogen) atoms. The molecule has 0 aromatic heterocycles. The molecule has 3 aliphatic rings. The zero-order chi connectivity index (χ0) is 8.18. The normalized spacial score (nSPS) is 46.0. The number of carbonyl (C=O) groups excluding carboxylic acids is 1. The van der Waals surface area contributed by atoms with Crippen molar-refractivity contribution in [2.24, 2.45) is 5.92 Å². The molecule has 3 nitrogen and oxygen atoms in total. The fourth-order valence-corrected chi connectivity index (χ4v) is 2.46. The van der Waals surface area contributed by atoms with Gasteiger partial charge in [0.1, 0.15) is 0 Å². The van der Waals surface area contributed by atoms with E-state index in [1.165, 1.54) is 12.8 Å². The summed E-state index contributed by atoms with van der Waals surface area (Å²) in [6, 6.07) is 0.354. The molecule has 0 bridgehead atoms. The summed E-state index contributed by atoms with van der Waals surface area (Å²) >= 11 is 0. The van der Waals surface area contributed by atoms with Crippen molar-refractivity contribution in [2.45, 2.75) is 37.3 Å². The number of nitrogens with one attached hydrogen (secondary N) is 1. The third kappa shape index (κ3) is 0.678. The second kappa shape index (κ2) is 2.02. The van der Waals surface area contributed by atoms with Gasteiger partial charge in [-0.2, -0.15) is 0 Å². The molecule has 1 saturated carbocycles. The van der Waals surface area contributed by atoms with Gasteiger partial charge >= 0.3 is 0 Å². The maximum atomic E-state index is 11.4. The first kappa shape index (κ1) is 6.89. The maximum absolute atomic E-state index is 11.4. The van der Waals surface area contributed by atoms with Crippen LogP contribution in [0.3, 0.4) is 0 Å². The number of rotatable bonds is 1. The fraction of sp³-hybridized carbons (Fsp3) is 0.889. The first-order valence-electron chi connectivity index (χ1n) is 4.78. The first-order valence-corrected chi connectivity index (χ1v) is 4.78. The topological polar surface area (TPSA) is 38.3 Å². The van der Waals surface area contributed by atoms with Gasteiger partial charge in [-0.25, -0.2) is 0 Å². The van der Waals surface area contributed by atoms with E-state index in [-0.39, 0.29) is 11.5 Å². The highest BCUT2D eigenvalue weighted by Crippen LogP contribution is 2.46. The molecule has 0 aromatic carbocycles. The van der Waals surface area contributed by atoms with Gasteiger partial charge in [0, 0.05) is 6.61 Å². The summed E-state index contributed by atoms with van der Waals surface area (Å²) in [5.74, 6) is 0.859. The van der Waals surface area contributed by atoms with Crippen LogP contribution >= 0.6 is 0 Å². The molecular formula is C9H13NO2. The van der Waals surface area contributed by atoms with Gasteiger partial charge < -0.3 is 10.1 Å². The zero-order valence-electron chi connectivity index (χ0n) is 7.01. The van der Waals surface area contributed by atoms with Crippen LogP contribution in [0.15, 0.2) is 0 Å². The zero-order valence-corrected chi connectivity index (χ0v) is 7.01. The summed E-state index contributed by atoms with van der Waals surface area (Å²) in [4.78, 5) is 11.4. The van der Waals surface area contributed by atoms with Gasteiger partial charge in [-0.1, -0.05) is 0 Å². The monoisotopic (exact) mass is 167 g/mol. The van der Waals surface area contributed by atoms with Crippen LogP contribution in [0.25, 0.3) is 0 Å². The molecule has 1 N–H and O–H groups in total. The predicted molar refractivity (Wildman–Crippen MR) is 42.6 cm³/mol. The van der Waals surface area contributed by atoms with Gasteiger partial charge in [-0.15, -0.1) is 0 Å². The van der Waals surface area contributed by atoms with Crippen molar-refractivity contribution in [3.8, 4) is 0 Å². The van der Waals surface area contributed by atoms with Crippen LogP contribution < -0.4 is 5.32 Å². The average molecular weight is 167 g/mol. The summed E-state index contributed by atoms with van der Waals surface area (Å²) in [5.41, 5.74) is -0.374. The number of ether oxygens (including phenoxy) is 1. The smallest absolute Gasteiger partial charge is 0.254 e. The molecular weight excluding hydrogens is 154 g/mol. The van der Waals surface area contributed by atoms with Gasteiger partial charge in [0.05, 0.1) is 6.04 Å². The molecule has 3 fully saturated rings. The summed E-state index contributed by atoms with van der Waals surface area (Å²) < 4.78 is 5.59. The van der Waals surface area contributed by atoms with Gasteiger partial charge in [-0.05, 0) is 31.6 Å². The minimum atomic E-state index is -0.374. The van der Waals surface area contributed by atoms with E-state index in [1.54, 1.807) is 0 Å². The van der Waals surface area contributed by atoms with E-state index in [4.69, 9.17) is 4.74 Å². The van der Waals surface area contributed by atoms with Crippen molar-refractivity contribution >= 4 is 5.91 Å². The fourth-order valence-electron chi connectivity index (χ4n) is 2.46. The molecule has 1 amide bonds. The van der Waals surface area contributed by atoms with Crippen LogP contribution in [0.1, 0.15) is 25.7 Å². The van der Waals surface area contributed by atoms with E-state index in [2.05, 4.69) is 5.32 Å². The maximum Gasteiger partial charge on any atom is 0.254 e. The average Bonchev–Trinajstić information content (AvgIpc) is 2.74. The highest BCUT2D eigenvalue weighted by Gasteiger charge is 2.62. The van der Waals surface area contributed by atoms with Crippen LogP contribution in [0, 0.1) is 5.92 Å². The summed E-state index contributed by atoms with van der Waals surface area (Å²) in [7, 11) is 0. The summed E-state index contributed by atoms with van der Waals surface area (Å²) in [6.07, 6.45) is 4.54. The van der Waals surface area contributed by atoms with Crippen LogP contribution in [0.4, 0.5) is 0 Å². The Morgan fingerprint density at radius 2 is 2.33 bits per heavy atom. The minimum absolute atomic E-state index is 0.136. The van der Waals surface area contributed by atoms with E-state index < -0.39 is 0 Å². The van der Waals surface area contributed by atoms with E-state index in [1.807, 2.05) is 0 Å². The lowest BCUT2D eigenvalue weighted by Gasteiger charge is -2.45.